The van der Waals surface area contributed by atoms with Crippen LogP contribution in [0.4, 0.5) is 0 Å². The van der Waals surface area contributed by atoms with Crippen LogP contribution in [0.3, 0.4) is 0 Å². The fourth-order valence-electron chi connectivity index (χ4n) is 6.59. The van der Waals surface area contributed by atoms with E-state index in [1.807, 2.05) is 54.9 Å². The normalized spacial score (nSPS) is 10.8. The third-order valence-electron chi connectivity index (χ3n) is 9.34. The quantitative estimate of drug-likeness (QED) is 0.156. The molecular weight excluding hydrogens is 825 g/mol. The van der Waals surface area contributed by atoms with Crippen molar-refractivity contribution in [2.24, 2.45) is 0 Å². The Labute approximate surface area is 324 Å². The molecule has 0 unspecified atom stereocenters. The minimum absolute atomic E-state index is 0. The van der Waals surface area contributed by atoms with Crippen molar-refractivity contribution in [1.82, 2.24) is 9.97 Å². The van der Waals surface area contributed by atoms with Gasteiger partial charge in [-0.15, -0.1) is 59.2 Å². The summed E-state index contributed by atoms with van der Waals surface area (Å²) in [7, 11) is 0. The molecule has 0 amide bonds. The maximum absolute atomic E-state index is 5.89. The van der Waals surface area contributed by atoms with Gasteiger partial charge in [-0.3, -0.25) is 0 Å². The van der Waals surface area contributed by atoms with Gasteiger partial charge in [-0.25, -0.2) is 0 Å². The van der Waals surface area contributed by atoms with Gasteiger partial charge in [0.25, 0.3) is 0 Å². The summed E-state index contributed by atoms with van der Waals surface area (Å²) in [4.78, 5) is 9.42. The maximum atomic E-state index is 5.89. The number of furan rings is 1. The molecule has 0 aliphatic rings. The molecular formula is C49H36IrN2O-2. The van der Waals surface area contributed by atoms with Gasteiger partial charge < -0.3 is 14.4 Å². The second-order valence-electron chi connectivity index (χ2n) is 13.0. The van der Waals surface area contributed by atoms with Crippen LogP contribution in [-0.4, -0.2) is 9.97 Å². The van der Waals surface area contributed by atoms with Crippen molar-refractivity contribution in [1.29, 1.82) is 0 Å². The van der Waals surface area contributed by atoms with Crippen molar-refractivity contribution in [3.63, 3.8) is 0 Å². The number of aryl methyl sites for hydroxylation is 2. The Morgan fingerprint density at radius 2 is 1.13 bits per heavy atom. The van der Waals surface area contributed by atoms with Crippen LogP contribution >= 0.6 is 0 Å². The van der Waals surface area contributed by atoms with Crippen molar-refractivity contribution in [3.05, 3.63) is 205 Å². The summed E-state index contributed by atoms with van der Waals surface area (Å²) in [5.74, 6) is 0. The molecule has 53 heavy (non-hydrogen) atoms. The summed E-state index contributed by atoms with van der Waals surface area (Å²) in [5, 5.41) is 2.22. The first-order valence-corrected chi connectivity index (χ1v) is 17.5. The summed E-state index contributed by atoms with van der Waals surface area (Å²) < 4.78 is 5.89. The van der Waals surface area contributed by atoms with Crippen LogP contribution in [0.2, 0.25) is 0 Å². The van der Waals surface area contributed by atoms with Crippen LogP contribution in [0.5, 0.6) is 0 Å². The topological polar surface area (TPSA) is 38.9 Å². The Balaban J connectivity index is 0.000000161. The van der Waals surface area contributed by atoms with E-state index in [1.165, 1.54) is 38.9 Å². The number of nitrogens with zero attached hydrogens (tertiary/aromatic N) is 2. The Morgan fingerprint density at radius 1 is 0.528 bits per heavy atom. The monoisotopic (exact) mass is 861 g/mol. The molecule has 259 valence electrons. The predicted octanol–water partition coefficient (Wildman–Crippen LogP) is 12.5. The van der Waals surface area contributed by atoms with Gasteiger partial charge in [0.1, 0.15) is 5.58 Å². The molecule has 0 spiro atoms. The molecule has 0 saturated carbocycles. The summed E-state index contributed by atoms with van der Waals surface area (Å²) in [6, 6.07) is 60.7. The molecule has 3 heterocycles. The van der Waals surface area contributed by atoms with Gasteiger partial charge in [0.2, 0.25) is 0 Å². The van der Waals surface area contributed by atoms with E-state index in [0.29, 0.717) is 0 Å². The van der Waals surface area contributed by atoms with E-state index in [2.05, 4.69) is 141 Å². The van der Waals surface area contributed by atoms with Crippen molar-refractivity contribution in [2.75, 3.05) is 0 Å². The fourth-order valence-corrected chi connectivity index (χ4v) is 6.59. The molecule has 0 bridgehead atoms. The molecule has 6 aromatic carbocycles. The third-order valence-corrected chi connectivity index (χ3v) is 9.34. The SMILES string of the molecule is Cc1c[c-]c(-c2cc(Cc3ccccc3)c(-c3ccccc3)cn2)cc1.Cc1cc(-c2[c-]cc3oc4ccccc4c3c2)ncc1-c1ccccc1.[Ir]. The molecule has 0 fully saturated rings. The van der Waals surface area contributed by atoms with Gasteiger partial charge in [0.15, 0.2) is 0 Å². The number of hydrogen-bond acceptors (Lipinski definition) is 3. The minimum atomic E-state index is 0. The van der Waals surface area contributed by atoms with Crippen LogP contribution in [0.1, 0.15) is 22.3 Å². The molecule has 0 atom stereocenters. The number of aromatic nitrogens is 2. The first kappa shape index (κ1) is 35.5. The van der Waals surface area contributed by atoms with Crippen LogP contribution in [0.25, 0.3) is 66.7 Å². The largest absolute Gasteiger partial charge is 0.500 e. The van der Waals surface area contributed by atoms with Crippen molar-refractivity contribution >= 4 is 21.9 Å². The van der Waals surface area contributed by atoms with E-state index in [0.717, 1.165) is 56.4 Å². The number of fused-ring (bicyclic) bond motifs is 3. The Bertz CT molecular complexity index is 2600. The molecule has 1 radical (unpaired) electrons. The molecule has 3 nitrogen and oxygen atoms in total. The van der Waals surface area contributed by atoms with Crippen molar-refractivity contribution < 1.29 is 24.5 Å². The van der Waals surface area contributed by atoms with E-state index in [9.17, 15) is 0 Å². The van der Waals surface area contributed by atoms with Gasteiger partial charge in [0, 0.05) is 49.0 Å². The van der Waals surface area contributed by atoms with E-state index in [-0.39, 0.29) is 20.1 Å². The van der Waals surface area contributed by atoms with Crippen molar-refractivity contribution in [3.8, 4) is 44.8 Å². The van der Waals surface area contributed by atoms with E-state index in [1.54, 1.807) is 0 Å². The molecule has 0 aliphatic carbocycles. The zero-order chi connectivity index (χ0) is 35.3. The van der Waals surface area contributed by atoms with E-state index in [4.69, 9.17) is 14.4 Å². The van der Waals surface area contributed by atoms with Gasteiger partial charge >= 0.3 is 0 Å². The Hall–Kier alpha value is -5.93. The van der Waals surface area contributed by atoms with E-state index >= 15 is 0 Å². The van der Waals surface area contributed by atoms with Gasteiger partial charge in [-0.2, -0.15) is 0 Å². The summed E-state index contributed by atoms with van der Waals surface area (Å²) in [5.41, 5.74) is 15.4. The molecule has 0 aliphatic heterocycles. The van der Waals surface area contributed by atoms with Crippen molar-refractivity contribution in [2.45, 2.75) is 20.3 Å². The molecule has 0 saturated heterocycles. The predicted molar refractivity (Wildman–Crippen MR) is 214 cm³/mol. The molecule has 3 aromatic heterocycles. The zero-order valence-electron chi connectivity index (χ0n) is 29.5. The summed E-state index contributed by atoms with van der Waals surface area (Å²) in [6.07, 6.45) is 4.83. The fraction of sp³-hybridized carbons (Fsp3) is 0.0612. The number of pyridine rings is 2. The van der Waals surface area contributed by atoms with Gasteiger partial charge in [-0.05, 0) is 58.6 Å². The van der Waals surface area contributed by atoms with E-state index < -0.39 is 0 Å². The third kappa shape index (κ3) is 7.95. The standard InChI is InChI=1S/C25H20N.C24H16NO.Ir/c1-19-12-14-22(15-13-19)25-17-23(16-20-8-4-2-5-9-20)24(18-26-25)21-10-6-3-7-11-21;1-16-13-22(25-15-21(16)17-7-3-2-4-8-17)18-11-12-24-20(14-18)19-9-5-6-10-23(19)26-24;/h2-14,17-18H,16H2,1H3;2-10,12-15H,1H3;/q2*-1;. The smallest absolute Gasteiger partial charge is 0.120 e. The van der Waals surface area contributed by atoms with Crippen LogP contribution < -0.4 is 0 Å². The number of benzene rings is 6. The molecule has 4 heteroatoms. The zero-order valence-corrected chi connectivity index (χ0v) is 31.9. The number of hydrogen-bond donors (Lipinski definition) is 0. The van der Waals surface area contributed by atoms with Crippen LogP contribution in [0, 0.1) is 26.0 Å². The minimum Gasteiger partial charge on any atom is -0.500 e. The molecule has 9 aromatic rings. The maximum Gasteiger partial charge on any atom is 0.120 e. The average Bonchev–Trinajstić information content (AvgIpc) is 3.58. The Kier molecular flexibility index (Phi) is 10.8. The van der Waals surface area contributed by atoms with Gasteiger partial charge in [0.05, 0.1) is 5.58 Å². The average molecular weight is 861 g/mol. The van der Waals surface area contributed by atoms with Crippen LogP contribution in [-0.2, 0) is 26.5 Å². The first-order chi connectivity index (χ1) is 25.6. The summed E-state index contributed by atoms with van der Waals surface area (Å²) >= 11 is 0. The second kappa shape index (κ2) is 16.2. The van der Waals surface area contributed by atoms with Gasteiger partial charge in [-0.1, -0.05) is 134 Å². The second-order valence-corrected chi connectivity index (χ2v) is 13.0. The molecule has 9 rings (SSSR count). The van der Waals surface area contributed by atoms with Crippen LogP contribution in [0.15, 0.2) is 175 Å². The summed E-state index contributed by atoms with van der Waals surface area (Å²) in [6.45, 7) is 4.20. The first-order valence-electron chi connectivity index (χ1n) is 17.5. The molecule has 0 N–H and O–H groups in total. The number of para-hydroxylation sites is 1. The number of rotatable bonds is 6. The Morgan fingerprint density at radius 3 is 1.81 bits per heavy atom.